The maximum atomic E-state index is 11.4. The molecule has 0 radical (unpaired) electrons. The van der Waals surface area contributed by atoms with Crippen molar-refractivity contribution >= 4 is 12.1 Å². The van der Waals surface area contributed by atoms with Crippen molar-refractivity contribution in [2.75, 3.05) is 6.61 Å². The predicted molar refractivity (Wildman–Crippen MR) is 69.3 cm³/mol. The standard InChI is InChI=1S/C13H21NO7/c1-6(16)14-8-10-9(19-12(17)20-10)7(5-15)18-11(8)21-13(2,3)4/h7-11,15H,5H2,1-4H3,(H,14,16)/t7-,8-,9+,10-,11+/m1/s1. The third-order valence-corrected chi connectivity index (χ3v) is 3.13. The quantitative estimate of drug-likeness (QED) is 0.703. The number of carbonyl (C=O) groups excluding carboxylic acids is 2. The lowest BCUT2D eigenvalue weighted by Crippen LogP contribution is -2.64. The van der Waals surface area contributed by atoms with Crippen LogP contribution in [0.4, 0.5) is 4.79 Å². The molecule has 0 aromatic rings. The maximum Gasteiger partial charge on any atom is 0.509 e. The molecule has 2 fully saturated rings. The average Bonchev–Trinajstić information content (AvgIpc) is 2.71. The van der Waals surface area contributed by atoms with Gasteiger partial charge in [0.1, 0.15) is 12.1 Å². The molecule has 2 N–H and O–H groups in total. The fourth-order valence-corrected chi connectivity index (χ4v) is 2.42. The summed E-state index contributed by atoms with van der Waals surface area (Å²) in [6, 6.07) is -0.707. The molecular weight excluding hydrogens is 282 g/mol. The molecule has 2 saturated heterocycles. The van der Waals surface area contributed by atoms with E-state index in [0.717, 1.165) is 0 Å². The first kappa shape index (κ1) is 16.0. The highest BCUT2D eigenvalue weighted by Gasteiger charge is 2.55. The van der Waals surface area contributed by atoms with E-state index in [1.807, 2.05) is 20.8 Å². The molecule has 2 aliphatic heterocycles. The van der Waals surface area contributed by atoms with Crippen molar-refractivity contribution in [3.05, 3.63) is 0 Å². The van der Waals surface area contributed by atoms with Crippen LogP contribution in [0.1, 0.15) is 27.7 Å². The third kappa shape index (κ3) is 3.63. The summed E-state index contributed by atoms with van der Waals surface area (Å²) < 4.78 is 21.5. The summed E-state index contributed by atoms with van der Waals surface area (Å²) in [5.41, 5.74) is -0.544. The van der Waals surface area contributed by atoms with Gasteiger partial charge >= 0.3 is 6.16 Å². The van der Waals surface area contributed by atoms with E-state index in [2.05, 4.69) is 5.32 Å². The molecule has 1 amide bonds. The molecule has 8 nitrogen and oxygen atoms in total. The monoisotopic (exact) mass is 303 g/mol. The predicted octanol–water partition coefficient (Wildman–Crippen LogP) is -0.0726. The van der Waals surface area contributed by atoms with Crippen LogP contribution in [-0.2, 0) is 23.7 Å². The summed E-state index contributed by atoms with van der Waals surface area (Å²) in [5, 5.41) is 12.1. The fourth-order valence-electron chi connectivity index (χ4n) is 2.42. The van der Waals surface area contributed by atoms with Crippen LogP contribution in [0.3, 0.4) is 0 Å². The van der Waals surface area contributed by atoms with Crippen molar-refractivity contribution < 1.29 is 33.6 Å². The van der Waals surface area contributed by atoms with Crippen molar-refractivity contribution in [3.8, 4) is 0 Å². The van der Waals surface area contributed by atoms with Gasteiger partial charge in [0.2, 0.25) is 5.91 Å². The number of hydrogen-bond donors (Lipinski definition) is 2. The SMILES string of the molecule is CC(=O)N[C@H]1[C@H](OC(C)(C)C)O[C@H](CO)[C@@H]2OC(=O)O[C@H]12. The van der Waals surface area contributed by atoms with Gasteiger partial charge in [-0.1, -0.05) is 0 Å². The summed E-state index contributed by atoms with van der Waals surface area (Å²) in [6.45, 7) is 6.49. The molecule has 5 atom stereocenters. The molecule has 120 valence electrons. The van der Waals surface area contributed by atoms with Crippen molar-refractivity contribution in [2.24, 2.45) is 0 Å². The van der Waals surface area contributed by atoms with E-state index in [-0.39, 0.29) is 12.5 Å². The van der Waals surface area contributed by atoms with Gasteiger partial charge in [0.05, 0.1) is 12.2 Å². The summed E-state index contributed by atoms with van der Waals surface area (Å²) in [7, 11) is 0. The van der Waals surface area contributed by atoms with Gasteiger partial charge in [-0.05, 0) is 20.8 Å². The van der Waals surface area contributed by atoms with E-state index in [1.54, 1.807) is 0 Å². The Hall–Kier alpha value is -1.38. The normalized spacial score (nSPS) is 35.7. The lowest BCUT2D eigenvalue weighted by Gasteiger charge is -2.42. The van der Waals surface area contributed by atoms with E-state index < -0.39 is 42.4 Å². The number of aliphatic hydroxyl groups excluding tert-OH is 1. The molecule has 0 aliphatic carbocycles. The first-order chi connectivity index (χ1) is 9.71. The van der Waals surface area contributed by atoms with Gasteiger partial charge in [0.25, 0.3) is 0 Å². The Morgan fingerprint density at radius 3 is 2.48 bits per heavy atom. The minimum Gasteiger partial charge on any atom is -0.424 e. The van der Waals surface area contributed by atoms with Gasteiger partial charge in [-0.3, -0.25) is 4.79 Å². The van der Waals surface area contributed by atoms with Crippen LogP contribution >= 0.6 is 0 Å². The van der Waals surface area contributed by atoms with E-state index in [0.29, 0.717) is 0 Å². The summed E-state index contributed by atoms with van der Waals surface area (Å²) >= 11 is 0. The molecule has 8 heteroatoms. The lowest BCUT2D eigenvalue weighted by atomic mass is 9.96. The summed E-state index contributed by atoms with van der Waals surface area (Å²) in [4.78, 5) is 22.8. The fraction of sp³-hybridized carbons (Fsp3) is 0.846. The largest absolute Gasteiger partial charge is 0.509 e. The molecule has 0 saturated carbocycles. The molecule has 2 aliphatic rings. The molecule has 0 spiro atoms. The van der Waals surface area contributed by atoms with Gasteiger partial charge in [0.15, 0.2) is 18.5 Å². The number of ether oxygens (including phenoxy) is 4. The van der Waals surface area contributed by atoms with E-state index in [1.165, 1.54) is 6.92 Å². The number of amides is 1. The molecular formula is C13H21NO7. The number of carbonyl (C=O) groups is 2. The minimum absolute atomic E-state index is 0.310. The van der Waals surface area contributed by atoms with Gasteiger partial charge < -0.3 is 29.4 Å². The van der Waals surface area contributed by atoms with Crippen molar-refractivity contribution in [3.63, 3.8) is 0 Å². The first-order valence-corrected chi connectivity index (χ1v) is 6.80. The first-order valence-electron chi connectivity index (χ1n) is 6.80. The average molecular weight is 303 g/mol. The van der Waals surface area contributed by atoms with Gasteiger partial charge in [-0.2, -0.15) is 0 Å². The molecule has 0 aromatic carbocycles. The van der Waals surface area contributed by atoms with Crippen LogP contribution in [0.2, 0.25) is 0 Å². The van der Waals surface area contributed by atoms with Gasteiger partial charge in [-0.15, -0.1) is 0 Å². The highest BCUT2D eigenvalue weighted by molar-refractivity contribution is 5.73. The van der Waals surface area contributed by atoms with Crippen LogP contribution in [0.15, 0.2) is 0 Å². The zero-order valence-electron chi connectivity index (χ0n) is 12.5. The molecule has 0 bridgehead atoms. The Balaban J connectivity index is 2.24. The van der Waals surface area contributed by atoms with Crippen LogP contribution in [0.5, 0.6) is 0 Å². The number of nitrogens with one attached hydrogen (secondary N) is 1. The number of rotatable bonds is 3. The smallest absolute Gasteiger partial charge is 0.424 e. The van der Waals surface area contributed by atoms with Crippen molar-refractivity contribution in [1.29, 1.82) is 0 Å². The van der Waals surface area contributed by atoms with Crippen molar-refractivity contribution in [2.45, 2.75) is 63.9 Å². The van der Waals surface area contributed by atoms with E-state index >= 15 is 0 Å². The van der Waals surface area contributed by atoms with E-state index in [4.69, 9.17) is 18.9 Å². The molecule has 2 rings (SSSR count). The Bertz CT molecular complexity index is 419. The second kappa shape index (κ2) is 5.78. The minimum atomic E-state index is -0.859. The molecule has 0 aromatic heterocycles. The van der Waals surface area contributed by atoms with Gasteiger partial charge in [0, 0.05) is 6.92 Å². The Morgan fingerprint density at radius 1 is 1.33 bits per heavy atom. The molecule has 2 heterocycles. The van der Waals surface area contributed by atoms with Crippen LogP contribution in [0, 0.1) is 0 Å². The molecule has 21 heavy (non-hydrogen) atoms. The highest BCUT2D eigenvalue weighted by atomic mass is 16.8. The van der Waals surface area contributed by atoms with Crippen LogP contribution in [0.25, 0.3) is 0 Å². The second-order valence-corrected chi connectivity index (χ2v) is 6.10. The third-order valence-electron chi connectivity index (χ3n) is 3.13. The Kier molecular flexibility index (Phi) is 4.40. The van der Waals surface area contributed by atoms with Crippen molar-refractivity contribution in [1.82, 2.24) is 5.32 Å². The van der Waals surface area contributed by atoms with Gasteiger partial charge in [-0.25, -0.2) is 4.79 Å². The molecule has 0 unspecified atom stereocenters. The summed E-state index contributed by atoms with van der Waals surface area (Å²) in [6.07, 6.45) is -4.02. The Labute approximate surface area is 122 Å². The zero-order valence-corrected chi connectivity index (χ0v) is 12.5. The Morgan fingerprint density at radius 2 is 1.95 bits per heavy atom. The highest BCUT2D eigenvalue weighted by Crippen LogP contribution is 2.32. The maximum absolute atomic E-state index is 11.4. The van der Waals surface area contributed by atoms with E-state index in [9.17, 15) is 14.7 Å². The number of aliphatic hydroxyl groups is 1. The van der Waals surface area contributed by atoms with Crippen LogP contribution in [-0.4, -0.2) is 60.0 Å². The number of fused-ring (bicyclic) bond motifs is 1. The zero-order chi connectivity index (χ0) is 15.8. The number of hydrogen-bond acceptors (Lipinski definition) is 7. The lowest BCUT2D eigenvalue weighted by molar-refractivity contribution is -0.277. The van der Waals surface area contributed by atoms with Crippen LogP contribution < -0.4 is 5.32 Å². The topological polar surface area (TPSA) is 103 Å². The second-order valence-electron chi connectivity index (χ2n) is 6.10. The summed E-state index contributed by atoms with van der Waals surface area (Å²) in [5.74, 6) is -0.310.